The summed E-state index contributed by atoms with van der Waals surface area (Å²) in [5, 5.41) is 11.9. The molecule has 33 heavy (non-hydrogen) atoms. The fraction of sp³-hybridized carbons (Fsp3) is 0.333. The molecule has 2 amide bonds. The lowest BCUT2D eigenvalue weighted by molar-refractivity contribution is -0.113. The molecule has 4 rings (SSSR count). The van der Waals surface area contributed by atoms with Gasteiger partial charge in [-0.2, -0.15) is 0 Å². The van der Waals surface area contributed by atoms with E-state index in [9.17, 15) is 14.0 Å². The van der Waals surface area contributed by atoms with Crippen LogP contribution in [0.3, 0.4) is 0 Å². The van der Waals surface area contributed by atoms with Gasteiger partial charge in [-0.3, -0.25) is 9.59 Å². The molecular weight excluding hydrogens is 441 g/mol. The van der Waals surface area contributed by atoms with Crippen molar-refractivity contribution in [3.05, 3.63) is 70.8 Å². The maximum atomic E-state index is 13.5. The molecule has 1 unspecified atom stereocenters. The Kier molecular flexibility index (Phi) is 6.78. The van der Waals surface area contributed by atoms with Crippen molar-refractivity contribution >= 4 is 29.3 Å². The van der Waals surface area contributed by atoms with Gasteiger partial charge in [0, 0.05) is 24.8 Å². The topological polar surface area (TPSA) is 80.1 Å². The molecular formula is C24H26FN5O2S. The summed E-state index contributed by atoms with van der Waals surface area (Å²) < 4.78 is 15.3. The van der Waals surface area contributed by atoms with Gasteiger partial charge >= 0.3 is 0 Å². The first-order chi connectivity index (χ1) is 15.8. The number of halogens is 1. The molecule has 1 aliphatic rings. The predicted molar refractivity (Wildman–Crippen MR) is 126 cm³/mol. The average Bonchev–Trinajstić information content (AvgIpc) is 3.40. The highest BCUT2D eigenvalue weighted by molar-refractivity contribution is 7.99. The zero-order valence-electron chi connectivity index (χ0n) is 18.8. The van der Waals surface area contributed by atoms with Gasteiger partial charge in [0.15, 0.2) is 11.0 Å². The first-order valence-corrected chi connectivity index (χ1v) is 11.8. The molecule has 2 aromatic carbocycles. The second-order valence-electron chi connectivity index (χ2n) is 8.22. The van der Waals surface area contributed by atoms with E-state index in [-0.39, 0.29) is 23.6 Å². The van der Waals surface area contributed by atoms with Crippen LogP contribution in [-0.2, 0) is 11.8 Å². The van der Waals surface area contributed by atoms with Gasteiger partial charge in [0.2, 0.25) is 5.91 Å². The molecule has 1 aliphatic heterocycles. The minimum Gasteiger partial charge on any atom is -0.328 e. The summed E-state index contributed by atoms with van der Waals surface area (Å²) in [4.78, 5) is 27.4. The number of hydrogen-bond donors (Lipinski definition) is 1. The number of anilines is 1. The molecule has 9 heteroatoms. The zero-order chi connectivity index (χ0) is 23.5. The smallest absolute Gasteiger partial charge is 0.254 e. The molecule has 0 saturated carbocycles. The molecule has 1 N–H and O–H groups in total. The third-order valence-corrected chi connectivity index (χ3v) is 6.77. The minimum absolute atomic E-state index is 0.0109. The van der Waals surface area contributed by atoms with Crippen molar-refractivity contribution in [1.29, 1.82) is 0 Å². The molecule has 1 saturated heterocycles. The molecule has 7 nitrogen and oxygen atoms in total. The molecule has 3 aromatic rings. The summed E-state index contributed by atoms with van der Waals surface area (Å²) in [5.74, 6) is 0.150. The van der Waals surface area contributed by atoms with E-state index in [1.165, 1.54) is 23.9 Å². The van der Waals surface area contributed by atoms with Gasteiger partial charge in [0.1, 0.15) is 5.82 Å². The standard InChI is InChI=1S/C24H26FN5O2S/c1-15-6-4-7-17(12-15)23(32)30-11-5-8-20(30)22-27-28-24(29(22)3)33-14-21(31)26-19-13-18(25)10-9-16(19)2/h4,6-7,9-10,12-13,20H,5,8,11,14H2,1-3H3,(H,26,31). The fourth-order valence-electron chi connectivity index (χ4n) is 4.01. The van der Waals surface area contributed by atoms with Crippen molar-refractivity contribution in [2.45, 2.75) is 37.9 Å². The van der Waals surface area contributed by atoms with E-state index >= 15 is 0 Å². The number of carbonyl (C=O) groups excluding carboxylic acids is 2. The molecule has 0 spiro atoms. The number of benzene rings is 2. The molecule has 0 aliphatic carbocycles. The van der Waals surface area contributed by atoms with Gasteiger partial charge < -0.3 is 14.8 Å². The lowest BCUT2D eigenvalue weighted by atomic mass is 10.1. The molecule has 172 valence electrons. The van der Waals surface area contributed by atoms with Crippen molar-refractivity contribution in [3.8, 4) is 0 Å². The van der Waals surface area contributed by atoms with Crippen LogP contribution in [0, 0.1) is 19.7 Å². The largest absolute Gasteiger partial charge is 0.328 e. The normalized spacial score (nSPS) is 15.6. The summed E-state index contributed by atoms with van der Waals surface area (Å²) in [6.45, 7) is 4.45. The highest BCUT2D eigenvalue weighted by Gasteiger charge is 2.34. The third-order valence-electron chi connectivity index (χ3n) is 5.75. The Bertz CT molecular complexity index is 1200. The van der Waals surface area contributed by atoms with Crippen LogP contribution in [0.4, 0.5) is 10.1 Å². The van der Waals surface area contributed by atoms with Gasteiger partial charge in [-0.25, -0.2) is 4.39 Å². The summed E-state index contributed by atoms with van der Waals surface area (Å²) in [5.41, 5.74) is 2.95. The summed E-state index contributed by atoms with van der Waals surface area (Å²) in [6.07, 6.45) is 1.71. The van der Waals surface area contributed by atoms with Crippen molar-refractivity contribution in [3.63, 3.8) is 0 Å². The Morgan fingerprint density at radius 2 is 2.00 bits per heavy atom. The third kappa shape index (κ3) is 5.08. The molecule has 0 bridgehead atoms. The van der Waals surface area contributed by atoms with E-state index < -0.39 is 5.82 Å². The lowest BCUT2D eigenvalue weighted by Crippen LogP contribution is -2.32. The van der Waals surface area contributed by atoms with Gasteiger partial charge in [-0.1, -0.05) is 35.5 Å². The molecule has 2 heterocycles. The van der Waals surface area contributed by atoms with Crippen LogP contribution < -0.4 is 5.32 Å². The van der Waals surface area contributed by atoms with Gasteiger partial charge in [0.25, 0.3) is 5.91 Å². The zero-order valence-corrected chi connectivity index (χ0v) is 19.7. The number of nitrogens with zero attached hydrogens (tertiary/aromatic N) is 4. The van der Waals surface area contributed by atoms with Crippen LogP contribution >= 0.6 is 11.8 Å². The first kappa shape index (κ1) is 23.0. The predicted octanol–water partition coefficient (Wildman–Crippen LogP) is 4.28. The van der Waals surface area contributed by atoms with E-state index in [4.69, 9.17) is 0 Å². The Hall–Kier alpha value is -3.20. The van der Waals surface area contributed by atoms with E-state index in [2.05, 4.69) is 15.5 Å². The van der Waals surface area contributed by atoms with Crippen LogP contribution in [0.2, 0.25) is 0 Å². The highest BCUT2D eigenvalue weighted by Crippen LogP contribution is 2.33. The van der Waals surface area contributed by atoms with Crippen LogP contribution in [0.5, 0.6) is 0 Å². The maximum absolute atomic E-state index is 13.5. The monoisotopic (exact) mass is 467 g/mol. The van der Waals surface area contributed by atoms with Crippen molar-refractivity contribution in [1.82, 2.24) is 19.7 Å². The average molecular weight is 468 g/mol. The number of thioether (sulfide) groups is 1. The minimum atomic E-state index is -0.400. The van der Waals surface area contributed by atoms with Gasteiger partial charge in [-0.15, -0.1) is 10.2 Å². The summed E-state index contributed by atoms with van der Waals surface area (Å²) in [7, 11) is 1.85. The number of hydrogen-bond acceptors (Lipinski definition) is 5. The SMILES string of the molecule is Cc1cccc(C(=O)N2CCCC2c2nnc(SCC(=O)Nc3cc(F)ccc3C)n2C)c1. The first-order valence-electron chi connectivity index (χ1n) is 10.8. The van der Waals surface area contributed by atoms with E-state index in [1.54, 1.807) is 6.07 Å². The number of aryl methyl sites for hydroxylation is 2. The number of nitrogens with one attached hydrogen (secondary N) is 1. The van der Waals surface area contributed by atoms with E-state index in [0.717, 1.165) is 24.0 Å². The Morgan fingerprint density at radius 3 is 2.79 bits per heavy atom. The Labute approximate surface area is 196 Å². The second-order valence-corrected chi connectivity index (χ2v) is 9.16. The Balaban J connectivity index is 1.43. The summed E-state index contributed by atoms with van der Waals surface area (Å²) in [6, 6.07) is 11.7. The van der Waals surface area contributed by atoms with Crippen LogP contribution in [0.1, 0.15) is 46.2 Å². The van der Waals surface area contributed by atoms with Crippen LogP contribution in [0.15, 0.2) is 47.6 Å². The van der Waals surface area contributed by atoms with Crippen molar-refractivity contribution in [2.75, 3.05) is 17.6 Å². The molecule has 1 fully saturated rings. The highest BCUT2D eigenvalue weighted by atomic mass is 32.2. The van der Waals surface area contributed by atoms with Gasteiger partial charge in [0.05, 0.1) is 11.8 Å². The maximum Gasteiger partial charge on any atom is 0.254 e. The van der Waals surface area contributed by atoms with E-state index in [0.29, 0.717) is 28.8 Å². The van der Waals surface area contributed by atoms with Crippen molar-refractivity contribution < 1.29 is 14.0 Å². The van der Waals surface area contributed by atoms with Gasteiger partial charge in [-0.05, 0) is 56.5 Å². The Morgan fingerprint density at radius 1 is 1.18 bits per heavy atom. The lowest BCUT2D eigenvalue weighted by Gasteiger charge is -2.24. The quantitative estimate of drug-likeness (QED) is 0.548. The number of amides is 2. The molecule has 1 aromatic heterocycles. The number of rotatable bonds is 6. The number of likely N-dealkylation sites (tertiary alicyclic amines) is 1. The number of aromatic nitrogens is 3. The van der Waals surface area contributed by atoms with Crippen LogP contribution in [-0.4, -0.2) is 43.8 Å². The second kappa shape index (κ2) is 9.74. The van der Waals surface area contributed by atoms with E-state index in [1.807, 2.05) is 54.6 Å². The number of carbonyl (C=O) groups is 2. The van der Waals surface area contributed by atoms with Crippen molar-refractivity contribution in [2.24, 2.45) is 7.05 Å². The van der Waals surface area contributed by atoms with Crippen LogP contribution in [0.25, 0.3) is 0 Å². The molecule has 1 atom stereocenters. The fourth-order valence-corrected chi connectivity index (χ4v) is 4.73. The molecule has 0 radical (unpaired) electrons. The summed E-state index contributed by atoms with van der Waals surface area (Å²) >= 11 is 1.25.